The van der Waals surface area contributed by atoms with Gasteiger partial charge in [-0.25, -0.2) is 4.79 Å². The third-order valence-corrected chi connectivity index (χ3v) is 3.42. The van der Waals surface area contributed by atoms with Crippen molar-refractivity contribution in [2.45, 2.75) is 33.1 Å². The second kappa shape index (κ2) is 9.61. The Balaban J connectivity index is 2.71. The summed E-state index contributed by atoms with van der Waals surface area (Å²) in [6.45, 7) is 4.04. The van der Waals surface area contributed by atoms with Gasteiger partial charge in [-0.2, -0.15) is 0 Å². The van der Waals surface area contributed by atoms with Crippen molar-refractivity contribution in [3.63, 3.8) is 0 Å². The van der Waals surface area contributed by atoms with Gasteiger partial charge < -0.3 is 15.0 Å². The van der Waals surface area contributed by atoms with Crippen LogP contribution in [-0.4, -0.2) is 42.9 Å². The molecule has 126 valence electrons. The van der Waals surface area contributed by atoms with Gasteiger partial charge in [0.1, 0.15) is 0 Å². The summed E-state index contributed by atoms with van der Waals surface area (Å²) in [5.74, 6) is -1.00. The van der Waals surface area contributed by atoms with Crippen molar-refractivity contribution in [1.82, 2.24) is 4.90 Å². The summed E-state index contributed by atoms with van der Waals surface area (Å²) in [6.07, 6.45) is 2.92. The van der Waals surface area contributed by atoms with E-state index in [2.05, 4.69) is 17.0 Å². The Morgan fingerprint density at radius 2 is 1.87 bits per heavy atom. The number of para-hydroxylation sites is 1. The van der Waals surface area contributed by atoms with Gasteiger partial charge in [-0.1, -0.05) is 31.9 Å². The highest BCUT2D eigenvalue weighted by molar-refractivity contribution is 6.02. The molecular weight excluding hydrogens is 296 g/mol. The molecule has 0 unspecified atom stereocenters. The van der Waals surface area contributed by atoms with Crippen LogP contribution in [0.3, 0.4) is 0 Å². The SMILES string of the molecule is CCCCCN(CC(=O)Nc1ccccc1C(=O)OC)C(C)=O. The maximum Gasteiger partial charge on any atom is 0.339 e. The molecule has 2 amide bonds. The maximum absolute atomic E-state index is 12.2. The van der Waals surface area contributed by atoms with E-state index in [1.165, 1.54) is 18.9 Å². The third kappa shape index (κ3) is 6.10. The van der Waals surface area contributed by atoms with Gasteiger partial charge in [0.05, 0.1) is 24.9 Å². The fourth-order valence-electron chi connectivity index (χ4n) is 2.14. The molecule has 0 aliphatic heterocycles. The summed E-state index contributed by atoms with van der Waals surface area (Å²) < 4.78 is 4.69. The standard InChI is InChI=1S/C17H24N2O4/c1-4-5-8-11-19(13(2)20)12-16(21)18-15-10-7-6-9-14(15)17(22)23-3/h6-7,9-10H,4-5,8,11-12H2,1-3H3,(H,18,21). The molecule has 0 aliphatic rings. The monoisotopic (exact) mass is 320 g/mol. The quantitative estimate of drug-likeness (QED) is 0.589. The van der Waals surface area contributed by atoms with E-state index in [0.717, 1.165) is 19.3 Å². The minimum Gasteiger partial charge on any atom is -0.465 e. The molecular formula is C17H24N2O4. The summed E-state index contributed by atoms with van der Waals surface area (Å²) in [5, 5.41) is 2.67. The number of nitrogens with one attached hydrogen (secondary N) is 1. The van der Waals surface area contributed by atoms with Crippen molar-refractivity contribution in [2.75, 3.05) is 25.5 Å². The smallest absolute Gasteiger partial charge is 0.339 e. The van der Waals surface area contributed by atoms with Gasteiger partial charge in [-0.15, -0.1) is 0 Å². The number of benzene rings is 1. The number of anilines is 1. The molecule has 0 radical (unpaired) electrons. The molecule has 1 N–H and O–H groups in total. The lowest BCUT2D eigenvalue weighted by molar-refractivity contribution is -0.132. The van der Waals surface area contributed by atoms with Crippen LogP contribution in [0.25, 0.3) is 0 Å². The van der Waals surface area contributed by atoms with Crippen LogP contribution in [0.2, 0.25) is 0 Å². The van der Waals surface area contributed by atoms with Crippen LogP contribution in [0, 0.1) is 0 Å². The summed E-state index contributed by atoms with van der Waals surface area (Å²) in [4.78, 5) is 37.0. The fraction of sp³-hybridized carbons (Fsp3) is 0.471. The molecule has 0 spiro atoms. The number of methoxy groups -OCH3 is 1. The topological polar surface area (TPSA) is 75.7 Å². The van der Waals surface area contributed by atoms with E-state index in [1.807, 2.05) is 0 Å². The van der Waals surface area contributed by atoms with E-state index in [0.29, 0.717) is 12.2 Å². The predicted octanol–water partition coefficient (Wildman–Crippen LogP) is 2.45. The zero-order chi connectivity index (χ0) is 17.2. The molecule has 1 rings (SSSR count). The van der Waals surface area contributed by atoms with Crippen molar-refractivity contribution >= 4 is 23.5 Å². The number of hydrogen-bond donors (Lipinski definition) is 1. The molecule has 6 nitrogen and oxygen atoms in total. The second-order valence-electron chi connectivity index (χ2n) is 5.23. The second-order valence-corrected chi connectivity index (χ2v) is 5.23. The summed E-state index contributed by atoms with van der Waals surface area (Å²) >= 11 is 0. The number of unbranched alkanes of at least 4 members (excludes halogenated alkanes) is 2. The Labute approximate surface area is 136 Å². The lowest BCUT2D eigenvalue weighted by Gasteiger charge is -2.20. The van der Waals surface area contributed by atoms with Gasteiger partial charge >= 0.3 is 5.97 Å². The van der Waals surface area contributed by atoms with Gasteiger partial charge in [-0.05, 0) is 18.6 Å². The lowest BCUT2D eigenvalue weighted by Crippen LogP contribution is -2.37. The van der Waals surface area contributed by atoms with Gasteiger partial charge in [-0.3, -0.25) is 9.59 Å². The number of nitrogens with zero attached hydrogens (tertiary/aromatic N) is 1. The average Bonchev–Trinajstić information content (AvgIpc) is 2.53. The summed E-state index contributed by atoms with van der Waals surface area (Å²) in [5.41, 5.74) is 0.658. The Morgan fingerprint density at radius 1 is 1.17 bits per heavy atom. The molecule has 0 aliphatic carbocycles. The van der Waals surface area contributed by atoms with Crippen molar-refractivity contribution < 1.29 is 19.1 Å². The van der Waals surface area contributed by atoms with E-state index in [9.17, 15) is 14.4 Å². The molecule has 0 fully saturated rings. The zero-order valence-electron chi connectivity index (χ0n) is 13.9. The highest BCUT2D eigenvalue weighted by Gasteiger charge is 2.16. The van der Waals surface area contributed by atoms with E-state index in [4.69, 9.17) is 0 Å². The van der Waals surface area contributed by atoms with Crippen LogP contribution in [-0.2, 0) is 14.3 Å². The van der Waals surface area contributed by atoms with Crippen molar-refractivity contribution in [3.8, 4) is 0 Å². The number of hydrogen-bond acceptors (Lipinski definition) is 4. The molecule has 23 heavy (non-hydrogen) atoms. The van der Waals surface area contributed by atoms with Crippen LogP contribution in [0.5, 0.6) is 0 Å². The Morgan fingerprint density at radius 3 is 2.48 bits per heavy atom. The van der Waals surface area contributed by atoms with Crippen LogP contribution in [0.15, 0.2) is 24.3 Å². The van der Waals surface area contributed by atoms with Crippen LogP contribution in [0.1, 0.15) is 43.5 Å². The van der Waals surface area contributed by atoms with Crippen LogP contribution in [0.4, 0.5) is 5.69 Å². The van der Waals surface area contributed by atoms with Gasteiger partial charge in [0.25, 0.3) is 0 Å². The largest absolute Gasteiger partial charge is 0.465 e. The molecule has 0 heterocycles. The number of esters is 1. The van der Waals surface area contributed by atoms with Crippen LogP contribution >= 0.6 is 0 Å². The molecule has 1 aromatic carbocycles. The third-order valence-electron chi connectivity index (χ3n) is 3.42. The maximum atomic E-state index is 12.2. The zero-order valence-corrected chi connectivity index (χ0v) is 13.9. The first-order chi connectivity index (χ1) is 11.0. The molecule has 6 heteroatoms. The predicted molar refractivity (Wildman–Crippen MR) is 88.2 cm³/mol. The molecule has 0 aromatic heterocycles. The highest BCUT2D eigenvalue weighted by Crippen LogP contribution is 2.16. The summed E-state index contributed by atoms with van der Waals surface area (Å²) in [7, 11) is 1.28. The molecule has 0 saturated heterocycles. The van der Waals surface area contributed by atoms with E-state index < -0.39 is 5.97 Å². The van der Waals surface area contributed by atoms with Crippen molar-refractivity contribution in [3.05, 3.63) is 29.8 Å². The summed E-state index contributed by atoms with van der Waals surface area (Å²) in [6, 6.07) is 6.60. The first-order valence-electron chi connectivity index (χ1n) is 7.72. The fourth-order valence-corrected chi connectivity index (χ4v) is 2.14. The Kier molecular flexibility index (Phi) is 7.80. The van der Waals surface area contributed by atoms with Gasteiger partial charge in [0, 0.05) is 13.5 Å². The van der Waals surface area contributed by atoms with E-state index in [1.54, 1.807) is 24.3 Å². The first kappa shape index (κ1) is 18.7. The van der Waals surface area contributed by atoms with Crippen molar-refractivity contribution in [1.29, 1.82) is 0 Å². The van der Waals surface area contributed by atoms with Gasteiger partial charge in [0.2, 0.25) is 11.8 Å². The van der Waals surface area contributed by atoms with Crippen LogP contribution < -0.4 is 5.32 Å². The van der Waals surface area contributed by atoms with Gasteiger partial charge in [0.15, 0.2) is 0 Å². The van der Waals surface area contributed by atoms with E-state index >= 15 is 0 Å². The van der Waals surface area contributed by atoms with E-state index in [-0.39, 0.29) is 23.9 Å². The minimum absolute atomic E-state index is 0.0332. The average molecular weight is 320 g/mol. The Bertz CT molecular complexity index is 557. The van der Waals surface area contributed by atoms with Crippen molar-refractivity contribution in [2.24, 2.45) is 0 Å². The Hall–Kier alpha value is -2.37. The number of rotatable bonds is 8. The number of amides is 2. The number of carbonyl (C=O) groups is 3. The highest BCUT2D eigenvalue weighted by atomic mass is 16.5. The molecule has 1 aromatic rings. The normalized spacial score (nSPS) is 10.0. The minimum atomic E-state index is -0.521. The molecule has 0 bridgehead atoms. The molecule has 0 saturated carbocycles. The lowest BCUT2D eigenvalue weighted by atomic mass is 10.2. The first-order valence-corrected chi connectivity index (χ1v) is 7.72. The molecule has 0 atom stereocenters. The number of carbonyl (C=O) groups excluding carboxylic acids is 3. The number of ether oxygens (including phenoxy) is 1.